The Bertz CT molecular complexity index is 379. The molecular formula is C12H13F3O2S. The minimum absolute atomic E-state index is 0.0828. The number of thioether (sulfide) groups is 1. The summed E-state index contributed by atoms with van der Waals surface area (Å²) in [6.45, 7) is 1.64. The van der Waals surface area contributed by atoms with Crippen molar-refractivity contribution in [1.29, 1.82) is 0 Å². The fraction of sp³-hybridized carbons (Fsp3) is 0.417. The minimum Gasteiger partial charge on any atom is -0.466 e. The number of benzene rings is 1. The van der Waals surface area contributed by atoms with Crippen LogP contribution in [-0.2, 0) is 9.53 Å². The molecule has 0 radical (unpaired) electrons. The van der Waals surface area contributed by atoms with Gasteiger partial charge in [-0.15, -0.1) is 11.8 Å². The highest BCUT2D eigenvalue weighted by atomic mass is 32.2. The molecule has 0 aliphatic heterocycles. The molecule has 0 bridgehead atoms. The first-order chi connectivity index (χ1) is 8.43. The number of rotatable bonds is 5. The van der Waals surface area contributed by atoms with Crippen LogP contribution in [0.15, 0.2) is 35.2 Å². The molecule has 0 aliphatic carbocycles. The van der Waals surface area contributed by atoms with Gasteiger partial charge in [0.1, 0.15) is 5.25 Å². The average Bonchev–Trinajstić information content (AvgIpc) is 2.28. The van der Waals surface area contributed by atoms with Crippen molar-refractivity contribution in [1.82, 2.24) is 0 Å². The third-order valence-corrected chi connectivity index (χ3v) is 3.31. The molecule has 100 valence electrons. The predicted molar refractivity (Wildman–Crippen MR) is 63.4 cm³/mol. The highest BCUT2D eigenvalue weighted by molar-refractivity contribution is 8.00. The second-order valence-corrected chi connectivity index (χ2v) is 4.75. The van der Waals surface area contributed by atoms with E-state index in [1.54, 1.807) is 37.3 Å². The lowest BCUT2D eigenvalue weighted by Crippen LogP contribution is -2.29. The van der Waals surface area contributed by atoms with Gasteiger partial charge in [-0.1, -0.05) is 18.2 Å². The van der Waals surface area contributed by atoms with Crippen molar-refractivity contribution in [2.75, 3.05) is 6.61 Å². The van der Waals surface area contributed by atoms with Crippen molar-refractivity contribution < 1.29 is 22.7 Å². The van der Waals surface area contributed by atoms with Crippen LogP contribution in [0.5, 0.6) is 0 Å². The molecule has 2 nitrogen and oxygen atoms in total. The Morgan fingerprint density at radius 2 is 1.94 bits per heavy atom. The number of alkyl halides is 3. The standard InChI is InChI=1S/C12H13F3O2S/c1-2-17-11(16)8-10(12(13,14)15)18-9-6-4-3-5-7-9/h3-7,10H,2,8H2,1H3. The van der Waals surface area contributed by atoms with Crippen molar-refractivity contribution in [3.8, 4) is 0 Å². The van der Waals surface area contributed by atoms with Gasteiger partial charge in [-0.3, -0.25) is 4.79 Å². The van der Waals surface area contributed by atoms with E-state index in [9.17, 15) is 18.0 Å². The predicted octanol–water partition coefficient (Wildman–Crippen LogP) is 3.66. The smallest absolute Gasteiger partial charge is 0.401 e. The van der Waals surface area contributed by atoms with Crippen molar-refractivity contribution in [3.05, 3.63) is 30.3 Å². The molecule has 0 saturated carbocycles. The second kappa shape index (κ2) is 6.68. The first-order valence-electron chi connectivity index (χ1n) is 5.37. The van der Waals surface area contributed by atoms with E-state index in [1.807, 2.05) is 0 Å². The molecular weight excluding hydrogens is 265 g/mol. The summed E-state index contributed by atoms with van der Waals surface area (Å²) < 4.78 is 42.9. The van der Waals surface area contributed by atoms with Gasteiger partial charge >= 0.3 is 12.1 Å². The zero-order chi connectivity index (χ0) is 13.6. The molecule has 1 unspecified atom stereocenters. The van der Waals surface area contributed by atoms with Gasteiger partial charge in [-0.2, -0.15) is 13.2 Å². The number of esters is 1. The van der Waals surface area contributed by atoms with Crippen molar-refractivity contribution in [3.63, 3.8) is 0 Å². The number of carbonyl (C=O) groups excluding carboxylic acids is 1. The van der Waals surface area contributed by atoms with Crippen LogP contribution in [0.25, 0.3) is 0 Å². The lowest BCUT2D eigenvalue weighted by atomic mass is 10.3. The number of halogens is 3. The molecule has 0 amide bonds. The highest BCUT2D eigenvalue weighted by Crippen LogP contribution is 2.37. The molecule has 0 aliphatic rings. The summed E-state index contributed by atoms with van der Waals surface area (Å²) in [5, 5.41) is -1.78. The summed E-state index contributed by atoms with van der Waals surface area (Å²) in [6.07, 6.45) is -5.11. The minimum atomic E-state index is -4.44. The van der Waals surface area contributed by atoms with E-state index < -0.39 is 23.8 Å². The molecule has 0 N–H and O–H groups in total. The highest BCUT2D eigenvalue weighted by Gasteiger charge is 2.42. The van der Waals surface area contributed by atoms with Crippen LogP contribution in [-0.4, -0.2) is 24.0 Å². The van der Waals surface area contributed by atoms with Crippen molar-refractivity contribution in [2.45, 2.75) is 29.7 Å². The molecule has 1 rings (SSSR count). The summed E-state index contributed by atoms with van der Waals surface area (Å²) in [4.78, 5) is 11.6. The van der Waals surface area contributed by atoms with E-state index in [1.165, 1.54) is 0 Å². The summed E-state index contributed by atoms with van der Waals surface area (Å²) in [7, 11) is 0. The first-order valence-corrected chi connectivity index (χ1v) is 6.25. The van der Waals surface area contributed by atoms with Crippen molar-refractivity contribution >= 4 is 17.7 Å². The van der Waals surface area contributed by atoms with Crippen LogP contribution >= 0.6 is 11.8 Å². The number of ether oxygens (including phenoxy) is 1. The summed E-state index contributed by atoms with van der Waals surface area (Å²) >= 11 is 0.624. The summed E-state index contributed by atoms with van der Waals surface area (Å²) in [6, 6.07) is 8.18. The van der Waals surface area contributed by atoms with Crippen LogP contribution in [0.3, 0.4) is 0 Å². The van der Waals surface area contributed by atoms with E-state index in [0.717, 1.165) is 0 Å². The zero-order valence-electron chi connectivity index (χ0n) is 9.74. The van der Waals surface area contributed by atoms with Gasteiger partial charge in [-0.25, -0.2) is 0 Å². The molecule has 0 fully saturated rings. The molecule has 6 heteroatoms. The molecule has 1 aromatic rings. The Kier molecular flexibility index (Phi) is 5.53. The third-order valence-electron chi connectivity index (χ3n) is 2.04. The largest absolute Gasteiger partial charge is 0.466 e. The Morgan fingerprint density at radius 1 is 1.33 bits per heavy atom. The van der Waals surface area contributed by atoms with E-state index in [-0.39, 0.29) is 6.61 Å². The molecule has 1 atom stereocenters. The van der Waals surface area contributed by atoms with Crippen molar-refractivity contribution in [2.24, 2.45) is 0 Å². The first kappa shape index (κ1) is 14.9. The number of carbonyl (C=O) groups is 1. The average molecular weight is 278 g/mol. The quantitative estimate of drug-likeness (QED) is 0.607. The monoisotopic (exact) mass is 278 g/mol. The van der Waals surface area contributed by atoms with Gasteiger partial charge < -0.3 is 4.74 Å². The normalized spacial score (nSPS) is 13.1. The van der Waals surface area contributed by atoms with Crippen LogP contribution in [0.1, 0.15) is 13.3 Å². The van der Waals surface area contributed by atoms with Gasteiger partial charge in [0, 0.05) is 4.90 Å². The SMILES string of the molecule is CCOC(=O)CC(Sc1ccccc1)C(F)(F)F. The Morgan fingerprint density at radius 3 is 2.44 bits per heavy atom. The fourth-order valence-corrected chi connectivity index (χ4v) is 2.25. The van der Waals surface area contributed by atoms with Crippen LogP contribution < -0.4 is 0 Å². The lowest BCUT2D eigenvalue weighted by Gasteiger charge is -2.18. The zero-order valence-corrected chi connectivity index (χ0v) is 10.6. The summed E-state index contributed by atoms with van der Waals surface area (Å²) in [5.41, 5.74) is 0. The second-order valence-electron chi connectivity index (χ2n) is 3.47. The van der Waals surface area contributed by atoms with E-state index in [4.69, 9.17) is 0 Å². The molecule has 0 spiro atoms. The van der Waals surface area contributed by atoms with E-state index in [0.29, 0.717) is 16.7 Å². The molecule has 0 heterocycles. The van der Waals surface area contributed by atoms with Gasteiger partial charge in [0.05, 0.1) is 13.0 Å². The van der Waals surface area contributed by atoms with Crippen LogP contribution in [0.4, 0.5) is 13.2 Å². The number of hydrogen-bond donors (Lipinski definition) is 0. The van der Waals surface area contributed by atoms with Crippen LogP contribution in [0, 0.1) is 0 Å². The van der Waals surface area contributed by atoms with Gasteiger partial charge in [0.25, 0.3) is 0 Å². The van der Waals surface area contributed by atoms with E-state index in [2.05, 4.69) is 4.74 Å². The van der Waals surface area contributed by atoms with Crippen LogP contribution in [0.2, 0.25) is 0 Å². The lowest BCUT2D eigenvalue weighted by molar-refractivity contribution is -0.154. The van der Waals surface area contributed by atoms with Gasteiger partial charge in [-0.05, 0) is 19.1 Å². The summed E-state index contributed by atoms with van der Waals surface area (Å²) in [5.74, 6) is -0.830. The van der Waals surface area contributed by atoms with Gasteiger partial charge in [0.2, 0.25) is 0 Å². The molecule has 18 heavy (non-hydrogen) atoms. The maximum Gasteiger partial charge on any atom is 0.401 e. The maximum atomic E-state index is 12.8. The Balaban J connectivity index is 2.71. The molecule has 0 aromatic heterocycles. The Hall–Kier alpha value is -1.17. The third kappa shape index (κ3) is 5.00. The van der Waals surface area contributed by atoms with Gasteiger partial charge in [0.15, 0.2) is 0 Å². The molecule has 1 aromatic carbocycles. The topological polar surface area (TPSA) is 26.3 Å². The van der Waals surface area contributed by atoms with E-state index >= 15 is 0 Å². The number of hydrogen-bond acceptors (Lipinski definition) is 3. The fourth-order valence-electron chi connectivity index (χ4n) is 1.26. The Labute approximate surface area is 108 Å². The molecule has 0 saturated heterocycles. The maximum absolute atomic E-state index is 12.8.